The second-order valence-electron chi connectivity index (χ2n) is 12.2. The first-order valence-electron chi connectivity index (χ1n) is 15.6. The van der Waals surface area contributed by atoms with Crippen LogP contribution in [0.4, 0.5) is 0 Å². The molecule has 0 radical (unpaired) electrons. The number of hydrogen-bond acceptors (Lipinski definition) is 0. The topological polar surface area (TPSA) is 0 Å². The van der Waals surface area contributed by atoms with Gasteiger partial charge in [0.25, 0.3) is 0 Å². The summed E-state index contributed by atoms with van der Waals surface area (Å²) < 4.78 is 0. The minimum atomic E-state index is 0.813. The van der Waals surface area contributed by atoms with Gasteiger partial charge in [0.2, 0.25) is 0 Å². The van der Waals surface area contributed by atoms with Crippen LogP contribution in [0.1, 0.15) is 127 Å². The molecule has 0 bridgehead atoms. The van der Waals surface area contributed by atoms with Gasteiger partial charge in [0.1, 0.15) is 0 Å². The van der Waals surface area contributed by atoms with Gasteiger partial charge in [0.15, 0.2) is 0 Å². The van der Waals surface area contributed by atoms with E-state index in [9.17, 15) is 0 Å². The summed E-state index contributed by atoms with van der Waals surface area (Å²) in [5, 5.41) is 0. The van der Waals surface area contributed by atoms with E-state index in [1.165, 1.54) is 59.1 Å². The molecule has 0 nitrogen and oxygen atoms in total. The molecule has 40 heavy (non-hydrogen) atoms. The highest BCUT2D eigenvalue weighted by Crippen LogP contribution is 2.14. The Labute approximate surface area is 250 Å². The van der Waals surface area contributed by atoms with Crippen molar-refractivity contribution in [2.75, 3.05) is 0 Å². The van der Waals surface area contributed by atoms with Crippen molar-refractivity contribution in [1.82, 2.24) is 0 Å². The van der Waals surface area contributed by atoms with Crippen LogP contribution in [0.2, 0.25) is 0 Å². The monoisotopic (exact) mass is 542 g/mol. The third kappa shape index (κ3) is 25.7. The quantitative estimate of drug-likeness (QED) is 0.112. The van der Waals surface area contributed by atoms with Gasteiger partial charge in [-0.3, -0.25) is 0 Å². The Hall–Kier alpha value is -2.60. The largest absolute Gasteiger partial charge is 0.0856 e. The van der Waals surface area contributed by atoms with Gasteiger partial charge < -0.3 is 0 Å². The predicted molar refractivity (Wildman–Crippen MR) is 186 cm³/mol. The molecule has 0 heteroatoms. The number of allylic oxidation sites excluding steroid dienone is 20. The van der Waals surface area contributed by atoms with E-state index < -0.39 is 0 Å². The first kappa shape index (κ1) is 37.4. The Morgan fingerprint density at radius 3 is 1.35 bits per heavy atom. The van der Waals surface area contributed by atoms with Crippen molar-refractivity contribution in [3.63, 3.8) is 0 Å². The average molecular weight is 543 g/mol. The molecule has 0 fully saturated rings. The van der Waals surface area contributed by atoms with Gasteiger partial charge in [-0.15, -0.1) is 0 Å². The van der Waals surface area contributed by atoms with Crippen molar-refractivity contribution in [2.24, 2.45) is 5.92 Å². The fourth-order valence-corrected chi connectivity index (χ4v) is 4.10. The van der Waals surface area contributed by atoms with Gasteiger partial charge in [-0.1, -0.05) is 138 Å². The predicted octanol–water partition coefficient (Wildman–Crippen LogP) is 13.5. The third-order valence-electron chi connectivity index (χ3n) is 6.82. The van der Waals surface area contributed by atoms with Crippen LogP contribution in [-0.2, 0) is 0 Å². The molecule has 0 aliphatic carbocycles. The highest BCUT2D eigenvalue weighted by molar-refractivity contribution is 5.30. The molecule has 0 aromatic rings. The van der Waals surface area contributed by atoms with Gasteiger partial charge in [-0.05, 0) is 113 Å². The van der Waals surface area contributed by atoms with E-state index in [0.29, 0.717) is 0 Å². The van der Waals surface area contributed by atoms with Gasteiger partial charge >= 0.3 is 0 Å². The smallest absolute Gasteiger partial charge is 0.0285 e. The summed E-state index contributed by atoms with van der Waals surface area (Å²) in [5.41, 5.74) is 9.81. The molecule has 222 valence electrons. The van der Waals surface area contributed by atoms with E-state index in [1.807, 2.05) is 0 Å². The summed E-state index contributed by atoms with van der Waals surface area (Å²) >= 11 is 0. The zero-order valence-corrected chi connectivity index (χ0v) is 27.9. The van der Waals surface area contributed by atoms with Crippen LogP contribution in [0.15, 0.2) is 118 Å². The Balaban J connectivity index is 4.48. The second kappa shape index (κ2) is 24.2. The number of hydrogen-bond donors (Lipinski definition) is 0. The standard InChI is InChI=1S/C40H62/c1-33(2)19-13-23-37(7)27-17-31-39(9)29-15-25-35(5)21-11-12-22-36(6)26-16-30-40(10)32-18-28-38(8)24-14-20-34(3)4/h11-12,15-16,19,21-22,25-30,34H,13-14,17-18,20,23-24,31-32H2,1-10H3. The van der Waals surface area contributed by atoms with Crippen molar-refractivity contribution in [3.8, 4) is 0 Å². The fourth-order valence-electron chi connectivity index (χ4n) is 4.10. The summed E-state index contributed by atoms with van der Waals surface area (Å²) in [6.45, 7) is 22.2. The summed E-state index contributed by atoms with van der Waals surface area (Å²) in [5.74, 6) is 0.813. The molecule has 0 spiro atoms. The molecular weight excluding hydrogens is 480 g/mol. The normalized spacial score (nSPS) is 15.0. The lowest BCUT2D eigenvalue weighted by Crippen LogP contribution is -1.87. The van der Waals surface area contributed by atoms with E-state index in [1.54, 1.807) is 5.57 Å². The molecule has 0 atom stereocenters. The summed E-state index contributed by atoms with van der Waals surface area (Å²) in [6, 6.07) is 0. The minimum Gasteiger partial charge on any atom is -0.0856 e. The molecule has 0 unspecified atom stereocenters. The van der Waals surface area contributed by atoms with Crippen LogP contribution >= 0.6 is 0 Å². The Morgan fingerprint density at radius 1 is 0.475 bits per heavy atom. The van der Waals surface area contributed by atoms with E-state index in [-0.39, 0.29) is 0 Å². The molecule has 0 heterocycles. The Kier molecular flexibility index (Phi) is 22.6. The molecule has 0 amide bonds. The van der Waals surface area contributed by atoms with Crippen LogP contribution in [0.3, 0.4) is 0 Å². The van der Waals surface area contributed by atoms with Crippen LogP contribution in [0.25, 0.3) is 0 Å². The lowest BCUT2D eigenvalue weighted by atomic mass is 10.0. The summed E-state index contributed by atoms with van der Waals surface area (Å²) in [4.78, 5) is 0. The molecule has 0 aliphatic heterocycles. The maximum absolute atomic E-state index is 2.42. The molecule has 0 rings (SSSR count). The molecule has 0 aromatic heterocycles. The van der Waals surface area contributed by atoms with Gasteiger partial charge in [-0.25, -0.2) is 0 Å². The summed E-state index contributed by atoms with van der Waals surface area (Å²) in [7, 11) is 0. The maximum Gasteiger partial charge on any atom is -0.0285 e. The molecule has 0 aromatic carbocycles. The van der Waals surface area contributed by atoms with E-state index in [0.717, 1.165) is 38.0 Å². The van der Waals surface area contributed by atoms with E-state index >= 15 is 0 Å². The Morgan fingerprint density at radius 2 is 0.900 bits per heavy atom. The van der Waals surface area contributed by atoms with Crippen molar-refractivity contribution in [3.05, 3.63) is 118 Å². The zero-order valence-electron chi connectivity index (χ0n) is 27.9. The molecular formula is C40H62. The van der Waals surface area contributed by atoms with Gasteiger partial charge in [-0.2, -0.15) is 0 Å². The second-order valence-corrected chi connectivity index (χ2v) is 12.2. The highest BCUT2D eigenvalue weighted by Gasteiger charge is 1.96. The van der Waals surface area contributed by atoms with Gasteiger partial charge in [0.05, 0.1) is 0 Å². The maximum atomic E-state index is 2.42. The average Bonchev–Trinajstić information content (AvgIpc) is 2.86. The summed E-state index contributed by atoms with van der Waals surface area (Å²) in [6.07, 6.45) is 39.6. The van der Waals surface area contributed by atoms with Crippen LogP contribution < -0.4 is 0 Å². The van der Waals surface area contributed by atoms with Crippen LogP contribution in [0.5, 0.6) is 0 Å². The van der Waals surface area contributed by atoms with Crippen molar-refractivity contribution >= 4 is 0 Å². The fraction of sp³-hybridized carbons (Fsp3) is 0.500. The molecule has 0 aliphatic rings. The lowest BCUT2D eigenvalue weighted by molar-refractivity contribution is 0.554. The minimum absolute atomic E-state index is 0.813. The van der Waals surface area contributed by atoms with Crippen molar-refractivity contribution < 1.29 is 0 Å². The van der Waals surface area contributed by atoms with Gasteiger partial charge in [0, 0.05) is 0 Å². The van der Waals surface area contributed by atoms with Crippen LogP contribution in [-0.4, -0.2) is 0 Å². The Bertz CT molecular complexity index is 998. The lowest BCUT2D eigenvalue weighted by Gasteiger charge is -2.05. The van der Waals surface area contributed by atoms with Crippen LogP contribution in [0, 0.1) is 5.92 Å². The van der Waals surface area contributed by atoms with E-state index in [2.05, 4.69) is 148 Å². The molecule has 0 saturated heterocycles. The molecule has 0 N–H and O–H groups in total. The first-order chi connectivity index (χ1) is 19.0. The number of rotatable bonds is 19. The van der Waals surface area contributed by atoms with E-state index in [4.69, 9.17) is 0 Å². The third-order valence-corrected chi connectivity index (χ3v) is 6.82. The SMILES string of the molecule is CC(C)=CCCC(C)=CCCC(C)=CC=CC(C)=CC=CC=C(C)C=CC=C(C)CCC=C(C)CCCC(C)C. The zero-order chi connectivity index (χ0) is 30.2. The van der Waals surface area contributed by atoms with Crippen molar-refractivity contribution in [1.29, 1.82) is 0 Å². The van der Waals surface area contributed by atoms with Crippen molar-refractivity contribution in [2.45, 2.75) is 127 Å². The first-order valence-corrected chi connectivity index (χ1v) is 15.6. The highest BCUT2D eigenvalue weighted by atomic mass is 14.0. The molecule has 0 saturated carbocycles.